The Morgan fingerprint density at radius 2 is 2.39 bits per heavy atom. The van der Waals surface area contributed by atoms with Gasteiger partial charge in [0.15, 0.2) is 0 Å². The van der Waals surface area contributed by atoms with Gasteiger partial charge in [-0.05, 0) is 18.0 Å². The van der Waals surface area contributed by atoms with Crippen LogP contribution in [0.4, 0.5) is 0 Å². The van der Waals surface area contributed by atoms with Crippen LogP contribution in [-0.2, 0) is 11.2 Å². The van der Waals surface area contributed by atoms with Crippen molar-refractivity contribution in [2.45, 2.75) is 19.4 Å². The van der Waals surface area contributed by atoms with Crippen LogP contribution < -0.4 is 11.1 Å². The Balaban J connectivity index is 2.23. The molecule has 98 valence electrons. The minimum atomic E-state index is -0.599. The average Bonchev–Trinajstić information content (AvgIpc) is 2.86. The van der Waals surface area contributed by atoms with Gasteiger partial charge in [0.05, 0.1) is 5.69 Å². The van der Waals surface area contributed by atoms with E-state index in [1.807, 2.05) is 6.92 Å². The highest BCUT2D eigenvalue weighted by Gasteiger charge is 2.33. The third kappa shape index (κ3) is 2.34. The molecule has 0 radical (unpaired) electrons. The number of aryl methyl sites for hydroxylation is 1. The number of carbonyl (C=O) groups is 2. The molecule has 1 aromatic heterocycles. The molecule has 2 amide bonds. The SMILES string of the molecule is CCc1nnsc1C(=O)N1CCNCC1C(N)=O. The standard InChI is InChI=1S/C10H15N5O2S/c1-2-6-8(18-14-13-6)10(17)15-4-3-12-5-7(15)9(11)16/h7,12H,2-5H2,1H3,(H2,11,16). The zero-order valence-electron chi connectivity index (χ0n) is 10.0. The van der Waals surface area contributed by atoms with Crippen LogP contribution in [0.2, 0.25) is 0 Å². The Morgan fingerprint density at radius 1 is 1.61 bits per heavy atom. The van der Waals surface area contributed by atoms with E-state index in [2.05, 4.69) is 14.9 Å². The molecule has 2 heterocycles. The third-order valence-electron chi connectivity index (χ3n) is 2.92. The van der Waals surface area contributed by atoms with E-state index in [0.29, 0.717) is 36.6 Å². The molecule has 0 aromatic carbocycles. The number of piperazine rings is 1. The fourth-order valence-electron chi connectivity index (χ4n) is 1.93. The van der Waals surface area contributed by atoms with E-state index >= 15 is 0 Å². The lowest BCUT2D eigenvalue weighted by Gasteiger charge is -2.33. The lowest BCUT2D eigenvalue weighted by atomic mass is 10.1. The number of rotatable bonds is 3. The van der Waals surface area contributed by atoms with Crippen LogP contribution in [0.3, 0.4) is 0 Å². The van der Waals surface area contributed by atoms with Crippen molar-refractivity contribution in [3.05, 3.63) is 10.6 Å². The largest absolute Gasteiger partial charge is 0.368 e. The summed E-state index contributed by atoms with van der Waals surface area (Å²) in [5.74, 6) is -0.696. The maximum Gasteiger partial charge on any atom is 0.268 e. The number of amides is 2. The molecule has 1 unspecified atom stereocenters. The van der Waals surface area contributed by atoms with Gasteiger partial charge in [0, 0.05) is 19.6 Å². The first-order chi connectivity index (χ1) is 8.65. The normalized spacial score (nSPS) is 19.8. The average molecular weight is 269 g/mol. The Morgan fingerprint density at radius 3 is 3.06 bits per heavy atom. The fraction of sp³-hybridized carbons (Fsp3) is 0.600. The quantitative estimate of drug-likeness (QED) is 0.733. The molecule has 1 fully saturated rings. The van der Waals surface area contributed by atoms with E-state index in [1.165, 1.54) is 4.90 Å². The summed E-state index contributed by atoms with van der Waals surface area (Å²) in [5.41, 5.74) is 5.99. The number of aromatic nitrogens is 2. The summed E-state index contributed by atoms with van der Waals surface area (Å²) in [4.78, 5) is 25.7. The Kier molecular flexibility index (Phi) is 3.87. The third-order valence-corrected chi connectivity index (χ3v) is 3.67. The van der Waals surface area contributed by atoms with Crippen molar-refractivity contribution in [1.29, 1.82) is 0 Å². The molecule has 0 bridgehead atoms. The van der Waals surface area contributed by atoms with Gasteiger partial charge in [0.25, 0.3) is 5.91 Å². The van der Waals surface area contributed by atoms with Crippen molar-refractivity contribution < 1.29 is 9.59 Å². The van der Waals surface area contributed by atoms with Gasteiger partial charge in [0.2, 0.25) is 5.91 Å². The van der Waals surface area contributed by atoms with Crippen LogP contribution in [0.1, 0.15) is 22.3 Å². The fourth-order valence-corrected chi connectivity index (χ4v) is 2.64. The molecular formula is C10H15N5O2S. The van der Waals surface area contributed by atoms with Crippen molar-refractivity contribution in [2.75, 3.05) is 19.6 Å². The highest BCUT2D eigenvalue weighted by atomic mass is 32.1. The van der Waals surface area contributed by atoms with Crippen molar-refractivity contribution in [3.8, 4) is 0 Å². The summed E-state index contributed by atoms with van der Waals surface area (Å²) in [6.45, 7) is 3.43. The second-order valence-electron chi connectivity index (χ2n) is 4.02. The molecule has 1 aliphatic rings. The van der Waals surface area contributed by atoms with Crippen molar-refractivity contribution >= 4 is 23.3 Å². The zero-order chi connectivity index (χ0) is 13.1. The topological polar surface area (TPSA) is 101 Å². The molecule has 0 aliphatic carbocycles. The van der Waals surface area contributed by atoms with Crippen LogP contribution in [0, 0.1) is 0 Å². The maximum absolute atomic E-state index is 12.4. The molecule has 1 aromatic rings. The highest BCUT2D eigenvalue weighted by molar-refractivity contribution is 7.08. The first-order valence-corrected chi connectivity index (χ1v) is 6.54. The lowest BCUT2D eigenvalue weighted by Crippen LogP contribution is -2.58. The number of carbonyl (C=O) groups excluding carboxylic acids is 2. The van der Waals surface area contributed by atoms with Crippen LogP contribution in [0.5, 0.6) is 0 Å². The number of nitrogens with zero attached hydrogens (tertiary/aromatic N) is 3. The number of hydrogen-bond donors (Lipinski definition) is 2. The molecule has 7 nitrogen and oxygen atoms in total. The Labute approximate surface area is 109 Å². The number of nitrogens with two attached hydrogens (primary N) is 1. The summed E-state index contributed by atoms with van der Waals surface area (Å²) in [5, 5.41) is 6.96. The Bertz CT molecular complexity index is 461. The number of primary amides is 1. The van der Waals surface area contributed by atoms with Crippen LogP contribution >= 0.6 is 11.5 Å². The Hall–Kier alpha value is -1.54. The number of nitrogens with one attached hydrogen (secondary N) is 1. The smallest absolute Gasteiger partial charge is 0.268 e. The predicted octanol–water partition coefficient (Wildman–Crippen LogP) is -1.00. The molecule has 18 heavy (non-hydrogen) atoms. The molecule has 1 saturated heterocycles. The summed E-state index contributed by atoms with van der Waals surface area (Å²) in [7, 11) is 0. The van der Waals surface area contributed by atoms with Crippen LogP contribution in [0.25, 0.3) is 0 Å². The van der Waals surface area contributed by atoms with Gasteiger partial charge in [-0.2, -0.15) is 0 Å². The van der Waals surface area contributed by atoms with E-state index in [0.717, 1.165) is 11.5 Å². The maximum atomic E-state index is 12.4. The molecule has 1 aliphatic heterocycles. The van der Waals surface area contributed by atoms with Crippen LogP contribution in [0.15, 0.2) is 0 Å². The first kappa shape index (κ1) is 12.9. The second-order valence-corrected chi connectivity index (χ2v) is 4.78. The van der Waals surface area contributed by atoms with E-state index in [-0.39, 0.29) is 5.91 Å². The molecule has 3 N–H and O–H groups in total. The van der Waals surface area contributed by atoms with Gasteiger partial charge in [-0.15, -0.1) is 5.10 Å². The highest BCUT2D eigenvalue weighted by Crippen LogP contribution is 2.16. The minimum Gasteiger partial charge on any atom is -0.368 e. The molecule has 0 saturated carbocycles. The van der Waals surface area contributed by atoms with Gasteiger partial charge in [0.1, 0.15) is 10.9 Å². The van der Waals surface area contributed by atoms with Crippen molar-refractivity contribution in [3.63, 3.8) is 0 Å². The monoisotopic (exact) mass is 269 g/mol. The van der Waals surface area contributed by atoms with E-state index < -0.39 is 11.9 Å². The summed E-state index contributed by atoms with van der Waals surface area (Å²) < 4.78 is 3.79. The van der Waals surface area contributed by atoms with Gasteiger partial charge in [-0.1, -0.05) is 11.4 Å². The minimum absolute atomic E-state index is 0.202. The molecule has 0 spiro atoms. The molecule has 8 heteroatoms. The zero-order valence-corrected chi connectivity index (χ0v) is 10.9. The number of hydrogen-bond acceptors (Lipinski definition) is 6. The van der Waals surface area contributed by atoms with Gasteiger partial charge in [-0.25, -0.2) is 0 Å². The van der Waals surface area contributed by atoms with E-state index in [1.54, 1.807) is 0 Å². The summed E-state index contributed by atoms with van der Waals surface area (Å²) in [6.07, 6.45) is 0.644. The molecular weight excluding hydrogens is 254 g/mol. The van der Waals surface area contributed by atoms with Crippen molar-refractivity contribution in [1.82, 2.24) is 19.8 Å². The summed E-state index contributed by atoms with van der Waals surface area (Å²) in [6, 6.07) is -0.599. The predicted molar refractivity (Wildman–Crippen MR) is 66.2 cm³/mol. The van der Waals surface area contributed by atoms with Gasteiger partial charge >= 0.3 is 0 Å². The lowest BCUT2D eigenvalue weighted by molar-refractivity contribution is -0.122. The summed E-state index contributed by atoms with van der Waals surface area (Å²) >= 11 is 1.06. The van der Waals surface area contributed by atoms with Crippen molar-refractivity contribution in [2.24, 2.45) is 5.73 Å². The van der Waals surface area contributed by atoms with E-state index in [9.17, 15) is 9.59 Å². The van der Waals surface area contributed by atoms with E-state index in [4.69, 9.17) is 5.73 Å². The first-order valence-electron chi connectivity index (χ1n) is 5.77. The van der Waals surface area contributed by atoms with Gasteiger partial charge in [-0.3, -0.25) is 9.59 Å². The van der Waals surface area contributed by atoms with Gasteiger partial charge < -0.3 is 16.0 Å². The van der Waals surface area contributed by atoms with Crippen LogP contribution in [-0.4, -0.2) is 52.0 Å². The molecule has 1 atom stereocenters. The molecule has 2 rings (SSSR count). The second kappa shape index (κ2) is 5.40.